The van der Waals surface area contributed by atoms with E-state index in [1.54, 1.807) is 30.3 Å². The summed E-state index contributed by atoms with van der Waals surface area (Å²) in [7, 11) is 0. The molecule has 2 heterocycles. The molecule has 29 heavy (non-hydrogen) atoms. The second-order valence-electron chi connectivity index (χ2n) is 6.12. The van der Waals surface area contributed by atoms with Gasteiger partial charge in [-0.2, -0.15) is 13.2 Å². The molecule has 1 aliphatic rings. The first-order chi connectivity index (χ1) is 13.7. The number of benzene rings is 2. The number of nitro benzene ring substituents is 1. The van der Waals surface area contributed by atoms with Crippen LogP contribution in [0.25, 0.3) is 10.2 Å². The van der Waals surface area contributed by atoms with Gasteiger partial charge in [0.2, 0.25) is 0 Å². The van der Waals surface area contributed by atoms with E-state index in [1.165, 1.54) is 18.2 Å². The molecule has 1 amide bonds. The maximum absolute atomic E-state index is 14.0. The highest BCUT2D eigenvalue weighted by molar-refractivity contribution is 7.22. The Bertz CT molecular complexity index is 1160. The van der Waals surface area contributed by atoms with Crippen LogP contribution in [0.4, 0.5) is 24.0 Å². The number of alkyl halides is 3. The Kier molecular flexibility index (Phi) is 4.22. The van der Waals surface area contributed by atoms with Crippen LogP contribution in [0.1, 0.15) is 5.56 Å². The molecule has 8 nitrogen and oxygen atoms in total. The van der Waals surface area contributed by atoms with Crippen LogP contribution in [-0.2, 0) is 4.79 Å². The lowest BCUT2D eigenvalue weighted by Crippen LogP contribution is -2.94. The van der Waals surface area contributed by atoms with Gasteiger partial charge < -0.3 is 5.32 Å². The molecule has 0 unspecified atom stereocenters. The fourth-order valence-corrected chi connectivity index (χ4v) is 3.79. The minimum atomic E-state index is -5.02. The third kappa shape index (κ3) is 3.16. The summed E-state index contributed by atoms with van der Waals surface area (Å²) in [4.78, 5) is 28.9. The summed E-state index contributed by atoms with van der Waals surface area (Å²) < 4.78 is 42.2. The van der Waals surface area contributed by atoms with Gasteiger partial charge in [-0.1, -0.05) is 29.5 Å². The maximum Gasteiger partial charge on any atom is 0.465 e. The van der Waals surface area contributed by atoms with Gasteiger partial charge >= 0.3 is 17.7 Å². The number of hydrogen-bond donors (Lipinski definition) is 3. The van der Waals surface area contributed by atoms with Gasteiger partial charge in [0.15, 0.2) is 5.13 Å². The fourth-order valence-electron chi connectivity index (χ4n) is 2.83. The number of hydrogen-bond acceptors (Lipinski definition) is 6. The SMILES string of the molecule is O=C1NC(c2ccccc2)=[NH+][C@@]1(Nc1nc2ccc([N+](=O)[O-])cc2s1)C(F)(F)F. The average molecular weight is 422 g/mol. The monoisotopic (exact) mass is 422 g/mol. The van der Waals surface area contributed by atoms with Crippen LogP contribution in [0.2, 0.25) is 0 Å². The summed E-state index contributed by atoms with van der Waals surface area (Å²) in [6, 6.07) is 11.8. The number of anilines is 1. The van der Waals surface area contributed by atoms with Crippen LogP contribution >= 0.6 is 11.3 Å². The van der Waals surface area contributed by atoms with Crippen molar-refractivity contribution in [2.24, 2.45) is 0 Å². The molecule has 0 spiro atoms. The molecule has 3 aromatic rings. The molecule has 0 radical (unpaired) electrons. The van der Waals surface area contributed by atoms with Crippen LogP contribution in [0.5, 0.6) is 0 Å². The number of amidine groups is 1. The largest absolute Gasteiger partial charge is 0.465 e. The Labute approximate surface area is 164 Å². The number of carbonyl (C=O) groups is 1. The van der Waals surface area contributed by atoms with Crippen molar-refractivity contribution in [3.8, 4) is 0 Å². The van der Waals surface area contributed by atoms with Crippen molar-refractivity contribution in [1.29, 1.82) is 0 Å². The molecule has 1 aliphatic heterocycles. The van der Waals surface area contributed by atoms with Crippen molar-refractivity contribution in [3.05, 3.63) is 64.2 Å². The minimum Gasteiger partial charge on any atom is -0.303 e. The van der Waals surface area contributed by atoms with Gasteiger partial charge in [0, 0.05) is 12.1 Å². The van der Waals surface area contributed by atoms with E-state index in [-0.39, 0.29) is 22.2 Å². The Morgan fingerprint density at radius 3 is 2.59 bits per heavy atom. The highest BCUT2D eigenvalue weighted by Crippen LogP contribution is 2.34. The van der Waals surface area contributed by atoms with Gasteiger partial charge in [0.05, 0.1) is 20.7 Å². The Hall–Kier alpha value is -3.54. The molecule has 1 atom stereocenters. The lowest BCUT2D eigenvalue weighted by molar-refractivity contribution is -0.566. The predicted molar refractivity (Wildman–Crippen MR) is 98.3 cm³/mol. The molecular weight excluding hydrogens is 411 g/mol. The molecule has 3 N–H and O–H groups in total. The lowest BCUT2D eigenvalue weighted by atomic mass is 10.1. The second kappa shape index (κ2) is 6.51. The number of aromatic nitrogens is 1. The topological polar surface area (TPSA) is 111 Å². The molecule has 4 rings (SSSR count). The van der Waals surface area contributed by atoms with E-state index >= 15 is 0 Å². The molecule has 0 fully saturated rings. The Morgan fingerprint density at radius 1 is 1.21 bits per heavy atom. The Balaban J connectivity index is 1.77. The highest BCUT2D eigenvalue weighted by Gasteiger charge is 2.69. The van der Waals surface area contributed by atoms with E-state index in [4.69, 9.17) is 0 Å². The van der Waals surface area contributed by atoms with Gasteiger partial charge in [-0.25, -0.2) is 20.1 Å². The molecule has 12 heteroatoms. The Morgan fingerprint density at radius 2 is 1.93 bits per heavy atom. The smallest absolute Gasteiger partial charge is 0.303 e. The van der Waals surface area contributed by atoms with Crippen molar-refractivity contribution in [1.82, 2.24) is 10.3 Å². The number of halogens is 3. The van der Waals surface area contributed by atoms with Crippen LogP contribution in [0.3, 0.4) is 0 Å². The lowest BCUT2D eigenvalue weighted by Gasteiger charge is -2.23. The number of nitrogens with zero attached hydrogens (tertiary/aromatic N) is 2. The summed E-state index contributed by atoms with van der Waals surface area (Å²) in [6.45, 7) is 0. The number of nitrogens with one attached hydrogen (secondary N) is 3. The first-order valence-electron chi connectivity index (χ1n) is 8.11. The number of carbonyl (C=O) groups excluding carboxylic acids is 1. The van der Waals surface area contributed by atoms with Gasteiger partial charge in [0.25, 0.3) is 11.5 Å². The molecule has 0 saturated carbocycles. The van der Waals surface area contributed by atoms with Crippen molar-refractivity contribution in [2.75, 3.05) is 5.32 Å². The zero-order chi connectivity index (χ0) is 20.8. The van der Waals surface area contributed by atoms with Crippen molar-refractivity contribution >= 4 is 44.1 Å². The zero-order valence-electron chi connectivity index (χ0n) is 14.3. The van der Waals surface area contributed by atoms with Crippen molar-refractivity contribution < 1.29 is 27.9 Å². The summed E-state index contributed by atoms with van der Waals surface area (Å²) in [5.41, 5.74) is -2.72. The number of amides is 1. The number of fused-ring (bicyclic) bond motifs is 1. The van der Waals surface area contributed by atoms with E-state index in [0.29, 0.717) is 10.3 Å². The van der Waals surface area contributed by atoms with Crippen LogP contribution < -0.4 is 15.6 Å². The first kappa shape index (κ1) is 18.8. The molecule has 1 aromatic heterocycles. The van der Waals surface area contributed by atoms with Crippen LogP contribution in [-0.4, -0.2) is 33.5 Å². The number of rotatable bonds is 4. The third-order valence-corrected chi connectivity index (χ3v) is 5.19. The van der Waals surface area contributed by atoms with Crippen molar-refractivity contribution in [3.63, 3.8) is 0 Å². The van der Waals surface area contributed by atoms with Crippen LogP contribution in [0, 0.1) is 10.1 Å². The average Bonchev–Trinajstić information content (AvgIpc) is 3.22. The van der Waals surface area contributed by atoms with Gasteiger partial charge in [0.1, 0.15) is 0 Å². The van der Waals surface area contributed by atoms with E-state index < -0.39 is 22.7 Å². The maximum atomic E-state index is 14.0. The van der Waals surface area contributed by atoms with Crippen LogP contribution in [0.15, 0.2) is 48.5 Å². The molecule has 0 saturated heterocycles. The van der Waals surface area contributed by atoms with Gasteiger partial charge in [-0.15, -0.1) is 0 Å². The molecule has 2 aromatic carbocycles. The van der Waals surface area contributed by atoms with E-state index in [9.17, 15) is 28.1 Å². The molecular formula is C17H11F3N5O3S+. The van der Waals surface area contributed by atoms with E-state index in [0.717, 1.165) is 11.3 Å². The number of non-ortho nitro benzene ring substituents is 1. The fraction of sp³-hybridized carbons (Fsp3) is 0.118. The summed E-state index contributed by atoms with van der Waals surface area (Å²) in [5.74, 6) is -1.44. The highest BCUT2D eigenvalue weighted by atomic mass is 32.1. The first-order valence-corrected chi connectivity index (χ1v) is 8.93. The zero-order valence-corrected chi connectivity index (χ0v) is 15.1. The van der Waals surface area contributed by atoms with Crippen molar-refractivity contribution in [2.45, 2.75) is 11.8 Å². The van der Waals surface area contributed by atoms with Gasteiger partial charge in [-0.3, -0.25) is 10.1 Å². The molecule has 0 aliphatic carbocycles. The second-order valence-corrected chi connectivity index (χ2v) is 7.15. The number of nitro groups is 1. The predicted octanol–water partition coefficient (Wildman–Crippen LogP) is 1.53. The molecule has 0 bridgehead atoms. The van der Waals surface area contributed by atoms with Gasteiger partial charge in [-0.05, 0) is 18.2 Å². The summed E-state index contributed by atoms with van der Waals surface area (Å²) >= 11 is 0.773. The third-order valence-electron chi connectivity index (χ3n) is 4.26. The van der Waals surface area contributed by atoms with E-state index in [1.807, 2.05) is 0 Å². The summed E-state index contributed by atoms with van der Waals surface area (Å²) in [6.07, 6.45) is -5.02. The number of thiazole rings is 1. The molecule has 148 valence electrons. The standard InChI is InChI=1S/C17H10F3N5O3S/c18-17(19,20)16(14(26)22-13(23-16)9-4-2-1-3-5-9)24-15-21-11-7-6-10(25(27)28)8-12(11)29-15/h1-8H,(H,21,24)(H,22,23,26)/p+1/t16-/m0/s1. The summed E-state index contributed by atoms with van der Waals surface area (Å²) in [5, 5.41) is 15.0. The van der Waals surface area contributed by atoms with E-state index in [2.05, 4.69) is 20.6 Å². The normalized spacial score (nSPS) is 19.1. The quantitative estimate of drug-likeness (QED) is 0.436. The minimum absolute atomic E-state index is 0.0998.